The van der Waals surface area contributed by atoms with Crippen molar-refractivity contribution >= 4 is 35.8 Å². The first-order chi connectivity index (χ1) is 10.8. The van der Waals surface area contributed by atoms with Crippen LogP contribution >= 0.6 is 18.8 Å². The highest BCUT2D eigenvalue weighted by atomic mass is 32.7. The van der Waals surface area contributed by atoms with E-state index >= 15 is 0 Å². The average molecular weight is 358 g/mol. The normalized spacial score (nSPS) is 30.6. The van der Waals surface area contributed by atoms with Crippen LogP contribution in [0.5, 0.6) is 0 Å². The summed E-state index contributed by atoms with van der Waals surface area (Å²) >= 11 is 3.91. The van der Waals surface area contributed by atoms with Crippen LogP contribution in [-0.2, 0) is 13.8 Å². The largest absolute Gasteiger partial charge is 0.382 e. The molecule has 1 aliphatic heterocycles. The Kier molecular flexibility index (Phi) is 4.37. The van der Waals surface area contributed by atoms with Crippen LogP contribution in [0, 0.1) is 5.92 Å². The van der Waals surface area contributed by atoms with Gasteiger partial charge in [-0.1, -0.05) is 19.2 Å². The van der Waals surface area contributed by atoms with Gasteiger partial charge in [0.05, 0.1) is 19.0 Å². The Morgan fingerprint density at radius 2 is 2.22 bits per heavy atom. The van der Waals surface area contributed by atoms with E-state index in [4.69, 9.17) is 20.7 Å². The number of hydrogen-bond donors (Lipinski definition) is 3. The molecule has 1 saturated heterocycles. The molecular weight excluding hydrogens is 339 g/mol. The Morgan fingerprint density at radius 1 is 1.48 bits per heavy atom. The summed E-state index contributed by atoms with van der Waals surface area (Å²) in [5.41, 5.74) is 13.1. The van der Waals surface area contributed by atoms with Crippen molar-refractivity contribution in [3.05, 3.63) is 12.7 Å². The Labute approximate surface area is 138 Å². The standard InChI is InChI=1S/C12H19N6O3PS/c1-6-8(13)7(3-20-22(2,19)23)21-12(6)18-5-17-9-10(14)15-4-16-11(9)18/h4-8,12H,3,13H2,1-2H3,(H,19,23)(H2,14,15,16)/t6-,7-,8+,12-,22?/m1/s1. The summed E-state index contributed by atoms with van der Waals surface area (Å²) in [6, 6.07) is -0.281. The molecule has 1 aliphatic rings. The number of fused-ring (bicyclic) bond motifs is 1. The number of anilines is 1. The third-order valence-electron chi connectivity index (χ3n) is 3.94. The van der Waals surface area contributed by atoms with Crippen molar-refractivity contribution in [1.29, 1.82) is 0 Å². The minimum atomic E-state index is -2.89. The second-order valence-electron chi connectivity index (χ2n) is 5.68. The van der Waals surface area contributed by atoms with Crippen LogP contribution in [-0.4, -0.2) is 44.9 Å². The zero-order valence-corrected chi connectivity index (χ0v) is 14.5. The van der Waals surface area contributed by atoms with E-state index in [0.29, 0.717) is 17.0 Å². The molecule has 0 radical (unpaired) electrons. The summed E-state index contributed by atoms with van der Waals surface area (Å²) in [4.78, 5) is 12.4. The first-order valence-corrected chi connectivity index (χ1v) is 10.3. The van der Waals surface area contributed by atoms with Gasteiger partial charge in [0.2, 0.25) is 0 Å². The van der Waals surface area contributed by atoms with Gasteiger partial charge in [0.25, 0.3) is 6.57 Å². The fourth-order valence-corrected chi connectivity index (χ4v) is 3.28. The van der Waals surface area contributed by atoms with Crippen molar-refractivity contribution in [2.75, 3.05) is 19.0 Å². The lowest BCUT2D eigenvalue weighted by Gasteiger charge is -2.17. The van der Waals surface area contributed by atoms with Crippen LogP contribution in [0.2, 0.25) is 0 Å². The van der Waals surface area contributed by atoms with Gasteiger partial charge in [-0.25, -0.2) is 15.0 Å². The molecule has 11 heteroatoms. The van der Waals surface area contributed by atoms with Gasteiger partial charge in [-0.05, 0) is 0 Å². The Morgan fingerprint density at radius 3 is 2.91 bits per heavy atom. The van der Waals surface area contributed by atoms with E-state index in [9.17, 15) is 4.57 Å². The van der Waals surface area contributed by atoms with Gasteiger partial charge in [0, 0.05) is 18.6 Å². The van der Waals surface area contributed by atoms with Gasteiger partial charge in [0.15, 0.2) is 11.5 Å². The molecule has 4 N–H and O–H groups in total. The molecule has 0 amide bonds. The van der Waals surface area contributed by atoms with E-state index in [0.717, 1.165) is 0 Å². The fraction of sp³-hybridized carbons (Fsp3) is 0.583. The molecule has 1 unspecified atom stereocenters. The van der Waals surface area contributed by atoms with Gasteiger partial charge in [-0.2, -0.15) is 0 Å². The van der Waals surface area contributed by atoms with Crippen molar-refractivity contribution in [2.45, 2.75) is 25.3 Å². The van der Waals surface area contributed by atoms with Gasteiger partial charge in [-0.3, -0.25) is 9.13 Å². The van der Waals surface area contributed by atoms with E-state index in [1.54, 1.807) is 10.9 Å². The molecule has 3 rings (SSSR count). The Bertz CT molecular complexity index is 764. The molecule has 5 atom stereocenters. The topological polar surface area (TPSA) is 131 Å². The lowest BCUT2D eigenvalue weighted by Crippen LogP contribution is -2.37. The smallest absolute Gasteiger partial charge is 0.251 e. The molecular formula is C12H19N6O3PS. The Hall–Kier alpha value is -1.19. The number of ether oxygens (including phenoxy) is 1. The molecule has 2 aromatic heterocycles. The van der Waals surface area contributed by atoms with Crippen molar-refractivity contribution < 1.29 is 13.8 Å². The van der Waals surface area contributed by atoms with Gasteiger partial charge in [0.1, 0.15) is 18.1 Å². The molecule has 0 saturated carbocycles. The lowest BCUT2D eigenvalue weighted by atomic mass is 10.0. The minimum Gasteiger partial charge on any atom is -0.382 e. The van der Waals surface area contributed by atoms with Crippen LogP contribution in [0.15, 0.2) is 12.7 Å². The first-order valence-electron chi connectivity index (χ1n) is 7.07. The molecule has 0 bridgehead atoms. The Balaban J connectivity index is 1.85. The minimum absolute atomic E-state index is 0.0200. The van der Waals surface area contributed by atoms with E-state index in [-0.39, 0.29) is 24.8 Å². The van der Waals surface area contributed by atoms with Crippen LogP contribution in [0.1, 0.15) is 13.2 Å². The molecule has 3 heterocycles. The third kappa shape index (κ3) is 3.22. The monoisotopic (exact) mass is 358 g/mol. The van der Waals surface area contributed by atoms with E-state index in [1.807, 2.05) is 6.92 Å². The zero-order valence-electron chi connectivity index (χ0n) is 12.7. The number of hydrogen-bond acceptors (Lipinski definition) is 8. The highest BCUT2D eigenvalue weighted by Crippen LogP contribution is 2.48. The number of aromatic nitrogens is 4. The summed E-state index contributed by atoms with van der Waals surface area (Å²) in [6.07, 6.45) is 2.22. The number of imidazole rings is 1. The summed E-state index contributed by atoms with van der Waals surface area (Å²) in [5.74, 6) is 0.291. The van der Waals surface area contributed by atoms with Crippen LogP contribution in [0.3, 0.4) is 0 Å². The lowest BCUT2D eigenvalue weighted by molar-refractivity contribution is -0.0256. The maximum absolute atomic E-state index is 11.6. The van der Waals surface area contributed by atoms with E-state index in [1.165, 1.54) is 13.0 Å². The summed E-state index contributed by atoms with van der Waals surface area (Å²) < 4.78 is 24.6. The average Bonchev–Trinajstić information content (AvgIpc) is 3.01. The van der Waals surface area contributed by atoms with Crippen molar-refractivity contribution in [3.8, 4) is 0 Å². The van der Waals surface area contributed by atoms with Gasteiger partial charge < -0.3 is 20.7 Å². The van der Waals surface area contributed by atoms with Crippen molar-refractivity contribution in [1.82, 2.24) is 19.5 Å². The second kappa shape index (κ2) is 6.03. The van der Waals surface area contributed by atoms with Crippen molar-refractivity contribution in [3.63, 3.8) is 0 Å². The number of nitrogen functional groups attached to an aromatic ring is 1. The molecule has 0 aromatic carbocycles. The molecule has 126 valence electrons. The molecule has 23 heavy (non-hydrogen) atoms. The predicted octanol–water partition coefficient (Wildman–Crippen LogP) is 1.04. The molecule has 9 nitrogen and oxygen atoms in total. The SMILES string of the molecule is C[C@@H]1[C@H](N)[C@@H](COP(C)(=O)S)O[C@H]1n1cnc2c(N)ncnc21. The highest BCUT2D eigenvalue weighted by Gasteiger charge is 2.42. The number of nitrogens with two attached hydrogens (primary N) is 2. The highest BCUT2D eigenvalue weighted by molar-refractivity contribution is 8.46. The van der Waals surface area contributed by atoms with Crippen molar-refractivity contribution in [2.24, 2.45) is 11.7 Å². The van der Waals surface area contributed by atoms with E-state index in [2.05, 4.69) is 27.2 Å². The maximum atomic E-state index is 11.6. The number of thiol groups is 1. The summed E-state index contributed by atoms with van der Waals surface area (Å²) in [7, 11) is 0. The van der Waals surface area contributed by atoms with Crippen LogP contribution in [0.4, 0.5) is 5.82 Å². The second-order valence-corrected chi connectivity index (χ2v) is 9.73. The number of rotatable bonds is 4. The van der Waals surface area contributed by atoms with Crippen LogP contribution in [0.25, 0.3) is 11.2 Å². The molecule has 0 aliphatic carbocycles. The molecule has 2 aromatic rings. The number of nitrogens with zero attached hydrogens (tertiary/aromatic N) is 4. The molecule has 1 fully saturated rings. The summed E-state index contributed by atoms with van der Waals surface area (Å²) in [6.45, 7) is 0.628. The maximum Gasteiger partial charge on any atom is 0.251 e. The first kappa shape index (κ1) is 16.7. The van der Waals surface area contributed by atoms with Gasteiger partial charge in [-0.15, -0.1) is 0 Å². The molecule has 0 spiro atoms. The predicted molar refractivity (Wildman–Crippen MR) is 89.3 cm³/mol. The zero-order chi connectivity index (χ0) is 16.8. The quantitative estimate of drug-likeness (QED) is 0.546. The van der Waals surface area contributed by atoms with Gasteiger partial charge >= 0.3 is 0 Å². The third-order valence-corrected chi connectivity index (χ3v) is 4.91. The van der Waals surface area contributed by atoms with Crippen LogP contribution < -0.4 is 11.5 Å². The summed E-state index contributed by atoms with van der Waals surface area (Å²) in [5, 5.41) is 0. The fourth-order valence-electron chi connectivity index (χ4n) is 2.66. The van der Waals surface area contributed by atoms with E-state index < -0.39 is 12.7 Å².